The van der Waals surface area contributed by atoms with Crippen LogP contribution in [0.25, 0.3) is 0 Å². The van der Waals surface area contributed by atoms with Crippen molar-refractivity contribution in [2.24, 2.45) is 4.99 Å². The van der Waals surface area contributed by atoms with Crippen LogP contribution in [0.15, 0.2) is 4.99 Å². The number of amidine groups is 1. The van der Waals surface area contributed by atoms with Gasteiger partial charge >= 0.3 is 0 Å². The molecule has 0 unspecified atom stereocenters. The molecule has 0 saturated carbocycles. The monoisotopic (exact) mass is 516 g/mol. The number of nitrogens with zero attached hydrogens (tertiary/aromatic N) is 1. The lowest BCUT2D eigenvalue weighted by Gasteiger charge is -2.47. The number of ether oxygens (including phenoxy) is 4. The highest BCUT2D eigenvalue weighted by atomic mass is 16.7. The number of aliphatic hydroxyl groups excluding tert-OH is 10. The number of aliphatic imine (C=N–C) groups is 1. The summed E-state index contributed by atoms with van der Waals surface area (Å²) < 4.78 is 21.6. The van der Waals surface area contributed by atoms with Gasteiger partial charge in [-0.3, -0.25) is 15.7 Å². The average Bonchev–Trinajstić information content (AvgIpc) is 2.86. The van der Waals surface area contributed by atoms with Gasteiger partial charge in [-0.05, 0) is 0 Å². The third-order valence-corrected chi connectivity index (χ3v) is 6.18. The van der Waals surface area contributed by atoms with Crippen LogP contribution in [-0.2, 0) is 18.9 Å². The van der Waals surface area contributed by atoms with E-state index in [1.54, 1.807) is 5.48 Å². The first-order valence-corrected chi connectivity index (χ1v) is 10.8. The van der Waals surface area contributed by atoms with Crippen molar-refractivity contribution < 1.29 is 75.2 Å². The fourth-order valence-electron chi connectivity index (χ4n) is 4.13. The zero-order valence-corrected chi connectivity index (χ0v) is 18.2. The zero-order chi connectivity index (χ0) is 26.0. The van der Waals surface area contributed by atoms with Crippen LogP contribution in [0, 0.1) is 0 Å². The Balaban J connectivity index is 1.74. The smallest absolute Gasteiger partial charge is 0.187 e. The molecule has 3 heterocycles. The highest BCUT2D eigenvalue weighted by Crippen LogP contribution is 2.31. The predicted molar refractivity (Wildman–Crippen MR) is 107 cm³/mol. The number of hydrogen-bond acceptors (Lipinski definition) is 17. The SMILES string of the molecule is OC[C@@H]1O[C@H](O[C@H]2[C@H](O)[C@@H](O)[C@H](O[C@@H]3[C@H](O)[C@H](O)C(NO)=N[C@@H]3CO)O[C@@H]2CO)[C@@H](O)[C@H](O)[C@H]1O. The summed E-state index contributed by atoms with van der Waals surface area (Å²) in [7, 11) is 0. The van der Waals surface area contributed by atoms with Crippen molar-refractivity contribution in [1.82, 2.24) is 5.48 Å². The van der Waals surface area contributed by atoms with Gasteiger partial charge < -0.3 is 70.0 Å². The molecule has 0 spiro atoms. The number of aliphatic hydroxyl groups is 10. The number of hydrogen-bond donors (Lipinski definition) is 12. The molecule has 0 aromatic heterocycles. The van der Waals surface area contributed by atoms with E-state index in [0.717, 1.165) is 0 Å². The van der Waals surface area contributed by atoms with E-state index >= 15 is 0 Å². The first-order valence-electron chi connectivity index (χ1n) is 10.8. The topological polar surface area (TPSA) is 284 Å². The van der Waals surface area contributed by atoms with E-state index in [1.807, 2.05) is 0 Å². The molecule has 3 rings (SSSR count). The Labute approximate surface area is 198 Å². The lowest BCUT2D eigenvalue weighted by atomic mass is 9.95. The lowest BCUT2D eigenvalue weighted by Crippen LogP contribution is -2.66. The summed E-state index contributed by atoms with van der Waals surface area (Å²) in [6, 6.07) is -1.23. The molecule has 2 saturated heterocycles. The van der Waals surface area contributed by atoms with Crippen LogP contribution in [0.3, 0.4) is 0 Å². The number of rotatable bonds is 7. The summed E-state index contributed by atoms with van der Waals surface area (Å²) in [5.41, 5.74) is 1.59. The van der Waals surface area contributed by atoms with Gasteiger partial charge in [0.15, 0.2) is 18.4 Å². The second kappa shape index (κ2) is 11.9. The largest absolute Gasteiger partial charge is 0.394 e. The molecule has 0 bridgehead atoms. The molecule has 17 nitrogen and oxygen atoms in total. The Morgan fingerprint density at radius 2 is 1.20 bits per heavy atom. The maximum absolute atomic E-state index is 10.6. The van der Waals surface area contributed by atoms with Crippen molar-refractivity contribution >= 4 is 5.84 Å². The zero-order valence-electron chi connectivity index (χ0n) is 18.2. The van der Waals surface area contributed by atoms with Gasteiger partial charge in [0, 0.05) is 0 Å². The van der Waals surface area contributed by atoms with Gasteiger partial charge in [-0.25, -0.2) is 0 Å². The summed E-state index contributed by atoms with van der Waals surface area (Å²) in [5.74, 6) is -0.442. The molecule has 3 aliphatic heterocycles. The summed E-state index contributed by atoms with van der Waals surface area (Å²) in [6.45, 7) is -2.27. The van der Waals surface area contributed by atoms with E-state index in [0.29, 0.717) is 0 Å². The van der Waals surface area contributed by atoms with E-state index in [-0.39, 0.29) is 0 Å². The highest BCUT2D eigenvalue weighted by molar-refractivity contribution is 5.87. The quantitative estimate of drug-likeness (QED) is 0.140. The number of nitrogens with one attached hydrogen (secondary N) is 1. The van der Waals surface area contributed by atoms with Gasteiger partial charge in [0.05, 0.1) is 19.8 Å². The van der Waals surface area contributed by atoms with Crippen LogP contribution in [0.1, 0.15) is 0 Å². The van der Waals surface area contributed by atoms with E-state index < -0.39 is 111 Å². The third kappa shape index (κ3) is 5.59. The predicted octanol–water partition coefficient (Wildman–Crippen LogP) is -7.53. The first kappa shape index (κ1) is 28.4. The van der Waals surface area contributed by atoms with Gasteiger partial charge in [-0.15, -0.1) is 0 Å². The molecule has 204 valence electrons. The van der Waals surface area contributed by atoms with Crippen LogP contribution >= 0.6 is 0 Å². The molecule has 0 amide bonds. The van der Waals surface area contributed by atoms with E-state index in [9.17, 15) is 51.1 Å². The Bertz CT molecular complexity index is 713. The van der Waals surface area contributed by atoms with Crippen molar-refractivity contribution in [1.29, 1.82) is 0 Å². The van der Waals surface area contributed by atoms with Crippen molar-refractivity contribution in [3.8, 4) is 0 Å². The van der Waals surface area contributed by atoms with Crippen LogP contribution in [-0.4, -0.2) is 168 Å². The molecule has 3 aliphatic rings. The maximum Gasteiger partial charge on any atom is 0.187 e. The minimum Gasteiger partial charge on any atom is -0.394 e. The van der Waals surface area contributed by atoms with Gasteiger partial charge in [0.1, 0.15) is 73.2 Å². The fraction of sp³-hybridized carbons (Fsp3) is 0.944. The van der Waals surface area contributed by atoms with Crippen molar-refractivity contribution in [3.63, 3.8) is 0 Å². The second-order valence-corrected chi connectivity index (χ2v) is 8.42. The Morgan fingerprint density at radius 1 is 0.657 bits per heavy atom. The fourth-order valence-corrected chi connectivity index (χ4v) is 4.13. The summed E-state index contributed by atoms with van der Waals surface area (Å²) >= 11 is 0. The molecule has 0 aromatic carbocycles. The summed E-state index contributed by atoms with van der Waals surface area (Å²) in [6.07, 6.45) is -21.8. The van der Waals surface area contributed by atoms with Crippen molar-refractivity contribution in [2.45, 2.75) is 85.8 Å². The van der Waals surface area contributed by atoms with E-state index in [2.05, 4.69) is 4.99 Å². The minimum absolute atomic E-state index is 0.442. The molecule has 0 aromatic rings. The average molecular weight is 516 g/mol. The second-order valence-electron chi connectivity index (χ2n) is 8.42. The molecule has 17 heteroatoms. The van der Waals surface area contributed by atoms with Crippen LogP contribution in [0.2, 0.25) is 0 Å². The summed E-state index contributed by atoms with van der Waals surface area (Å²) in [5, 5.41) is 109. The van der Waals surface area contributed by atoms with E-state index in [4.69, 9.17) is 24.2 Å². The maximum atomic E-state index is 10.6. The van der Waals surface area contributed by atoms with Gasteiger partial charge in [0.25, 0.3) is 0 Å². The van der Waals surface area contributed by atoms with Crippen LogP contribution in [0.5, 0.6) is 0 Å². The number of hydroxylamine groups is 1. The lowest BCUT2D eigenvalue weighted by molar-refractivity contribution is -0.365. The highest BCUT2D eigenvalue weighted by Gasteiger charge is 2.52. The Morgan fingerprint density at radius 3 is 1.74 bits per heavy atom. The van der Waals surface area contributed by atoms with E-state index in [1.165, 1.54) is 0 Å². The third-order valence-electron chi connectivity index (χ3n) is 6.18. The summed E-state index contributed by atoms with van der Waals surface area (Å²) in [4.78, 5) is 3.80. The molecule has 2 fully saturated rings. The van der Waals surface area contributed by atoms with Crippen molar-refractivity contribution in [2.75, 3.05) is 19.8 Å². The molecule has 14 atom stereocenters. The van der Waals surface area contributed by atoms with Crippen LogP contribution < -0.4 is 5.48 Å². The Hall–Kier alpha value is -1.13. The molecule has 0 radical (unpaired) electrons. The van der Waals surface area contributed by atoms with Crippen LogP contribution in [0.4, 0.5) is 0 Å². The molecular weight excluding hydrogens is 484 g/mol. The first-order chi connectivity index (χ1) is 16.6. The standard InChI is InChI=1S/C18H32N2O15/c21-1-4-14(9(26)11(28)16(19-4)20-31)34-18-13(30)10(27)15(6(3-23)33-18)35-17-12(29)8(25)7(24)5(2-22)32-17/h4-15,17-18,21-31H,1-3H2,(H,19,20)/t4-,5+,6-,7+,8-,9-,10-,11+,12+,13-,14+,15-,17-,18+/m1/s1. The van der Waals surface area contributed by atoms with Gasteiger partial charge in [-0.1, -0.05) is 0 Å². The van der Waals surface area contributed by atoms with Gasteiger partial charge in [0.2, 0.25) is 0 Å². The van der Waals surface area contributed by atoms with Crippen molar-refractivity contribution in [3.05, 3.63) is 0 Å². The molecule has 0 aliphatic carbocycles. The molecular formula is C18H32N2O15. The minimum atomic E-state index is -1.90. The van der Waals surface area contributed by atoms with Gasteiger partial charge in [-0.2, -0.15) is 0 Å². The Kier molecular flexibility index (Phi) is 9.71. The molecule has 35 heavy (non-hydrogen) atoms. The normalized spacial score (nSPS) is 48.9. The molecule has 12 N–H and O–H groups in total.